The van der Waals surface area contributed by atoms with Crippen LogP contribution < -0.4 is 5.32 Å². The van der Waals surface area contributed by atoms with Crippen LogP contribution in [0.2, 0.25) is 10.0 Å². The molecule has 0 aromatic heterocycles. The van der Waals surface area contributed by atoms with Crippen LogP contribution in [0.3, 0.4) is 0 Å². The van der Waals surface area contributed by atoms with Crippen LogP contribution in [0, 0.1) is 5.82 Å². The van der Waals surface area contributed by atoms with Gasteiger partial charge in [0.15, 0.2) is 0 Å². The van der Waals surface area contributed by atoms with Crippen molar-refractivity contribution in [1.82, 2.24) is 10.2 Å². The number of carbonyl (C=O) groups is 2. The molecule has 0 bridgehead atoms. The number of hydrogen-bond donors (Lipinski definition) is 1. The summed E-state index contributed by atoms with van der Waals surface area (Å²) in [5.41, 5.74) is 0.663. The Bertz CT molecular complexity index is 820. The molecule has 1 saturated carbocycles. The summed E-state index contributed by atoms with van der Waals surface area (Å²) in [6.45, 7) is -0.0873. The number of hydrogen-bond acceptors (Lipinski definition) is 2. The third-order valence-corrected chi connectivity index (χ3v) is 4.77. The zero-order chi connectivity index (χ0) is 18.7. The van der Waals surface area contributed by atoms with Gasteiger partial charge < -0.3 is 10.2 Å². The largest absolute Gasteiger partial charge is 0.343 e. The zero-order valence-electron chi connectivity index (χ0n) is 13.8. The quantitative estimate of drug-likeness (QED) is 0.802. The van der Waals surface area contributed by atoms with E-state index >= 15 is 0 Å². The molecule has 1 aliphatic carbocycles. The first kappa shape index (κ1) is 18.7. The van der Waals surface area contributed by atoms with Crippen molar-refractivity contribution in [3.8, 4) is 0 Å². The molecule has 0 radical (unpaired) electrons. The lowest BCUT2D eigenvalue weighted by molar-refractivity contribution is -0.131. The molecule has 1 aliphatic rings. The molecule has 136 valence electrons. The Morgan fingerprint density at radius 2 is 1.88 bits per heavy atom. The van der Waals surface area contributed by atoms with E-state index in [4.69, 9.17) is 23.2 Å². The summed E-state index contributed by atoms with van der Waals surface area (Å²) in [7, 11) is 0. The Morgan fingerprint density at radius 1 is 1.15 bits per heavy atom. The first-order chi connectivity index (χ1) is 12.5. The number of amides is 2. The Labute approximate surface area is 160 Å². The van der Waals surface area contributed by atoms with Gasteiger partial charge in [0.2, 0.25) is 5.91 Å². The van der Waals surface area contributed by atoms with Gasteiger partial charge in [0.05, 0.1) is 13.1 Å². The average molecular weight is 395 g/mol. The van der Waals surface area contributed by atoms with Gasteiger partial charge in [0.1, 0.15) is 5.82 Å². The predicted molar refractivity (Wildman–Crippen MR) is 98.8 cm³/mol. The lowest BCUT2D eigenvalue weighted by atomic mass is 10.2. The molecule has 0 unspecified atom stereocenters. The molecule has 0 atom stereocenters. The number of carbonyl (C=O) groups excluding carboxylic acids is 2. The second kappa shape index (κ2) is 8.06. The van der Waals surface area contributed by atoms with E-state index in [9.17, 15) is 14.0 Å². The molecule has 1 N–H and O–H groups in total. The van der Waals surface area contributed by atoms with E-state index in [-0.39, 0.29) is 41.5 Å². The van der Waals surface area contributed by atoms with Crippen molar-refractivity contribution in [3.05, 3.63) is 69.5 Å². The van der Waals surface area contributed by atoms with Gasteiger partial charge in [0.25, 0.3) is 5.91 Å². The van der Waals surface area contributed by atoms with Crippen LogP contribution in [0.1, 0.15) is 28.8 Å². The molecule has 26 heavy (non-hydrogen) atoms. The lowest BCUT2D eigenvalue weighted by Crippen LogP contribution is -2.41. The van der Waals surface area contributed by atoms with Gasteiger partial charge in [0, 0.05) is 27.2 Å². The molecule has 0 aliphatic heterocycles. The van der Waals surface area contributed by atoms with Crippen LogP contribution >= 0.6 is 23.2 Å². The Hall–Kier alpha value is -2.11. The summed E-state index contributed by atoms with van der Waals surface area (Å²) in [5.74, 6) is -1.11. The van der Waals surface area contributed by atoms with E-state index < -0.39 is 5.82 Å². The number of rotatable bonds is 6. The fraction of sp³-hybridized carbons (Fsp3) is 0.263. The number of benzene rings is 2. The number of nitrogens with zero attached hydrogens (tertiary/aromatic N) is 1. The van der Waals surface area contributed by atoms with E-state index in [0.29, 0.717) is 10.6 Å². The Morgan fingerprint density at radius 3 is 2.54 bits per heavy atom. The van der Waals surface area contributed by atoms with Crippen LogP contribution in [0.5, 0.6) is 0 Å². The van der Waals surface area contributed by atoms with Gasteiger partial charge in [-0.2, -0.15) is 0 Å². The summed E-state index contributed by atoms with van der Waals surface area (Å²) < 4.78 is 14.0. The molecule has 1 fully saturated rings. The van der Waals surface area contributed by atoms with Crippen LogP contribution in [0.4, 0.5) is 4.39 Å². The average Bonchev–Trinajstić information content (AvgIpc) is 3.44. The molecule has 7 heteroatoms. The zero-order valence-corrected chi connectivity index (χ0v) is 15.4. The van der Waals surface area contributed by atoms with Gasteiger partial charge in [-0.3, -0.25) is 9.59 Å². The molecule has 3 rings (SSSR count). The maximum Gasteiger partial charge on any atom is 0.251 e. The predicted octanol–water partition coefficient (Wildman–Crippen LogP) is 4.05. The standard InChI is InChI=1S/C19H17Cl2FN2O2/c20-13-4-1-3-12(9-13)19(26)23-10-18(25)24(14-7-8-14)11-15-16(21)5-2-6-17(15)22/h1-6,9,14H,7-8,10-11H2,(H,23,26). The second-order valence-corrected chi connectivity index (χ2v) is 6.99. The van der Waals surface area contributed by atoms with Gasteiger partial charge in [-0.05, 0) is 43.2 Å². The topological polar surface area (TPSA) is 49.4 Å². The smallest absolute Gasteiger partial charge is 0.251 e. The summed E-state index contributed by atoms with van der Waals surface area (Å²) in [6, 6.07) is 11.0. The van der Waals surface area contributed by atoms with E-state index in [1.54, 1.807) is 29.2 Å². The van der Waals surface area contributed by atoms with Gasteiger partial charge in [-0.15, -0.1) is 0 Å². The van der Waals surface area contributed by atoms with Crippen molar-refractivity contribution >= 4 is 35.0 Å². The van der Waals surface area contributed by atoms with E-state index in [1.807, 2.05) is 0 Å². The SMILES string of the molecule is O=C(NCC(=O)N(Cc1c(F)cccc1Cl)C1CC1)c1cccc(Cl)c1. The van der Waals surface area contributed by atoms with Crippen molar-refractivity contribution in [2.75, 3.05) is 6.54 Å². The molecule has 2 amide bonds. The van der Waals surface area contributed by atoms with Crippen LogP contribution in [-0.2, 0) is 11.3 Å². The van der Waals surface area contributed by atoms with Gasteiger partial charge in [-0.1, -0.05) is 35.3 Å². The molecule has 2 aromatic carbocycles. The Balaban J connectivity index is 1.65. The maximum atomic E-state index is 14.0. The fourth-order valence-corrected chi connectivity index (χ4v) is 3.06. The highest BCUT2D eigenvalue weighted by molar-refractivity contribution is 6.31. The molecular weight excluding hydrogens is 378 g/mol. The molecule has 4 nitrogen and oxygen atoms in total. The fourth-order valence-electron chi connectivity index (χ4n) is 2.65. The van der Waals surface area contributed by atoms with Crippen LogP contribution in [0.15, 0.2) is 42.5 Å². The summed E-state index contributed by atoms with van der Waals surface area (Å²) >= 11 is 11.9. The first-order valence-corrected chi connectivity index (χ1v) is 8.97. The minimum atomic E-state index is -0.445. The highest BCUT2D eigenvalue weighted by Crippen LogP contribution is 2.30. The number of halogens is 3. The van der Waals surface area contributed by atoms with E-state index in [1.165, 1.54) is 18.2 Å². The lowest BCUT2D eigenvalue weighted by Gasteiger charge is -2.23. The van der Waals surface area contributed by atoms with Crippen molar-refractivity contribution in [1.29, 1.82) is 0 Å². The van der Waals surface area contributed by atoms with Crippen LogP contribution in [-0.4, -0.2) is 29.3 Å². The van der Waals surface area contributed by atoms with Crippen molar-refractivity contribution < 1.29 is 14.0 Å². The Kier molecular flexibility index (Phi) is 5.79. The highest BCUT2D eigenvalue weighted by Gasteiger charge is 2.33. The molecule has 2 aromatic rings. The maximum absolute atomic E-state index is 14.0. The molecule has 0 saturated heterocycles. The van der Waals surface area contributed by atoms with Crippen molar-refractivity contribution in [2.24, 2.45) is 0 Å². The second-order valence-electron chi connectivity index (χ2n) is 6.15. The van der Waals surface area contributed by atoms with Gasteiger partial charge in [-0.25, -0.2) is 4.39 Å². The minimum absolute atomic E-state index is 0.0567. The normalized spacial score (nSPS) is 13.3. The first-order valence-electron chi connectivity index (χ1n) is 8.22. The van der Waals surface area contributed by atoms with Crippen molar-refractivity contribution in [2.45, 2.75) is 25.4 Å². The van der Waals surface area contributed by atoms with Gasteiger partial charge >= 0.3 is 0 Å². The van der Waals surface area contributed by atoms with Crippen molar-refractivity contribution in [3.63, 3.8) is 0 Å². The van der Waals surface area contributed by atoms with E-state index in [0.717, 1.165) is 12.8 Å². The summed E-state index contributed by atoms with van der Waals surface area (Å²) in [5, 5.41) is 3.31. The van der Waals surface area contributed by atoms with E-state index in [2.05, 4.69) is 5.32 Å². The summed E-state index contributed by atoms with van der Waals surface area (Å²) in [6.07, 6.45) is 1.72. The van der Waals surface area contributed by atoms with Crippen LogP contribution in [0.25, 0.3) is 0 Å². The minimum Gasteiger partial charge on any atom is -0.343 e. The monoisotopic (exact) mass is 394 g/mol. The molecular formula is C19H17Cl2FN2O2. The summed E-state index contributed by atoms with van der Waals surface area (Å²) in [4.78, 5) is 26.3. The third kappa shape index (κ3) is 4.54. The molecule has 0 spiro atoms. The molecule has 0 heterocycles. The number of nitrogens with one attached hydrogen (secondary N) is 1. The third-order valence-electron chi connectivity index (χ3n) is 4.19. The highest BCUT2D eigenvalue weighted by atomic mass is 35.5.